The van der Waals surface area contributed by atoms with Crippen LogP contribution in [0.15, 0.2) is 17.8 Å². The summed E-state index contributed by atoms with van der Waals surface area (Å²) in [6, 6.07) is 1.97. The molecule has 3 rings (SSSR count). The number of nitrogens with zero attached hydrogens (tertiary/aromatic N) is 4. The number of rotatable bonds is 3. The molecule has 0 aliphatic carbocycles. The third-order valence-electron chi connectivity index (χ3n) is 3.18. The number of hydrogen-bond donors (Lipinski definition) is 0. The highest BCUT2D eigenvalue weighted by Crippen LogP contribution is 2.22. The molecule has 0 aliphatic heterocycles. The standard InChI is InChI=1S/C13H13ClN4S/c1-8-3-4-15-13-12(8)17-11(5-14)18(13)6-10-9(2)16-7-19-10/h3-4,7H,5-6H2,1-2H3. The highest BCUT2D eigenvalue weighted by Gasteiger charge is 2.14. The molecule has 0 saturated heterocycles. The van der Waals surface area contributed by atoms with Crippen LogP contribution in [0.25, 0.3) is 11.2 Å². The number of hydrogen-bond acceptors (Lipinski definition) is 4. The molecule has 3 heterocycles. The lowest BCUT2D eigenvalue weighted by atomic mass is 10.3. The lowest BCUT2D eigenvalue weighted by Crippen LogP contribution is -2.04. The van der Waals surface area contributed by atoms with Gasteiger partial charge in [-0.15, -0.1) is 22.9 Å². The molecule has 0 fully saturated rings. The minimum Gasteiger partial charge on any atom is -0.306 e. The molecule has 4 nitrogen and oxygen atoms in total. The molecule has 0 aromatic carbocycles. The molecule has 3 aromatic rings. The summed E-state index contributed by atoms with van der Waals surface area (Å²) in [6.07, 6.45) is 1.81. The molecule has 0 unspecified atom stereocenters. The van der Waals surface area contributed by atoms with Crippen LogP contribution >= 0.6 is 22.9 Å². The summed E-state index contributed by atoms with van der Waals surface area (Å²) in [5, 5.41) is 0. The second kappa shape index (κ2) is 4.90. The average Bonchev–Trinajstić information content (AvgIpc) is 2.96. The van der Waals surface area contributed by atoms with E-state index in [1.807, 2.05) is 31.6 Å². The van der Waals surface area contributed by atoms with E-state index in [0.29, 0.717) is 5.88 Å². The molecular weight excluding hydrogens is 280 g/mol. The number of fused-ring (bicyclic) bond motifs is 1. The molecule has 19 heavy (non-hydrogen) atoms. The normalized spacial score (nSPS) is 11.3. The van der Waals surface area contributed by atoms with E-state index in [1.54, 1.807) is 11.3 Å². The first-order valence-corrected chi connectivity index (χ1v) is 7.37. The SMILES string of the molecule is Cc1ncsc1Cn1c(CCl)nc2c(C)ccnc21. The number of aromatic nitrogens is 4. The molecule has 0 amide bonds. The van der Waals surface area contributed by atoms with Crippen molar-refractivity contribution in [3.8, 4) is 0 Å². The van der Waals surface area contributed by atoms with Gasteiger partial charge in [0.25, 0.3) is 0 Å². The number of pyridine rings is 1. The molecule has 98 valence electrons. The topological polar surface area (TPSA) is 43.6 Å². The maximum absolute atomic E-state index is 6.01. The van der Waals surface area contributed by atoms with Crippen molar-refractivity contribution in [3.63, 3.8) is 0 Å². The Morgan fingerprint density at radius 3 is 2.84 bits per heavy atom. The van der Waals surface area contributed by atoms with Gasteiger partial charge >= 0.3 is 0 Å². The summed E-state index contributed by atoms with van der Waals surface area (Å²) in [5.41, 5.74) is 5.86. The van der Waals surface area contributed by atoms with Gasteiger partial charge in [-0.1, -0.05) is 0 Å². The van der Waals surface area contributed by atoms with Crippen molar-refractivity contribution in [1.82, 2.24) is 19.5 Å². The van der Waals surface area contributed by atoms with Crippen molar-refractivity contribution < 1.29 is 0 Å². The zero-order valence-electron chi connectivity index (χ0n) is 10.7. The van der Waals surface area contributed by atoms with Crippen molar-refractivity contribution in [3.05, 3.63) is 39.7 Å². The molecule has 0 radical (unpaired) electrons. The summed E-state index contributed by atoms with van der Waals surface area (Å²) in [5.74, 6) is 1.24. The van der Waals surface area contributed by atoms with Crippen molar-refractivity contribution in [1.29, 1.82) is 0 Å². The van der Waals surface area contributed by atoms with E-state index < -0.39 is 0 Å². The number of aryl methyl sites for hydroxylation is 2. The van der Waals surface area contributed by atoms with Gasteiger partial charge in [0.15, 0.2) is 5.65 Å². The van der Waals surface area contributed by atoms with E-state index >= 15 is 0 Å². The molecular formula is C13H13ClN4S. The van der Waals surface area contributed by atoms with E-state index in [0.717, 1.165) is 34.8 Å². The Hall–Kier alpha value is -1.46. The van der Waals surface area contributed by atoms with Crippen molar-refractivity contribution in [2.45, 2.75) is 26.3 Å². The third-order valence-corrected chi connectivity index (χ3v) is 4.34. The van der Waals surface area contributed by atoms with Crippen LogP contribution in [0.2, 0.25) is 0 Å². The Morgan fingerprint density at radius 2 is 2.16 bits per heavy atom. The van der Waals surface area contributed by atoms with Crippen molar-refractivity contribution in [2.24, 2.45) is 0 Å². The van der Waals surface area contributed by atoms with Crippen LogP contribution in [0.1, 0.15) is 22.0 Å². The molecule has 6 heteroatoms. The Morgan fingerprint density at radius 1 is 1.32 bits per heavy atom. The molecule has 0 aliphatic rings. The van der Waals surface area contributed by atoms with E-state index in [1.165, 1.54) is 4.88 Å². The second-order valence-electron chi connectivity index (χ2n) is 4.41. The largest absolute Gasteiger partial charge is 0.306 e. The van der Waals surface area contributed by atoms with Gasteiger partial charge in [0.05, 0.1) is 23.6 Å². The fraction of sp³-hybridized carbons (Fsp3) is 0.308. The molecule has 0 N–H and O–H groups in total. The fourth-order valence-electron chi connectivity index (χ4n) is 2.07. The van der Waals surface area contributed by atoms with Gasteiger partial charge in [-0.25, -0.2) is 15.0 Å². The average molecular weight is 293 g/mol. The minimum atomic E-state index is 0.383. The Labute approximate surface area is 120 Å². The van der Waals surface area contributed by atoms with Gasteiger partial charge in [-0.3, -0.25) is 0 Å². The lowest BCUT2D eigenvalue weighted by molar-refractivity contribution is 0.774. The molecule has 0 bridgehead atoms. The maximum Gasteiger partial charge on any atom is 0.160 e. The van der Waals surface area contributed by atoms with Crippen LogP contribution in [0, 0.1) is 13.8 Å². The first-order chi connectivity index (χ1) is 9.20. The number of alkyl halides is 1. The zero-order valence-corrected chi connectivity index (χ0v) is 12.3. The van der Waals surface area contributed by atoms with Crippen LogP contribution in [-0.2, 0) is 12.4 Å². The minimum absolute atomic E-state index is 0.383. The van der Waals surface area contributed by atoms with Gasteiger partial charge in [0.1, 0.15) is 11.3 Å². The fourth-order valence-corrected chi connectivity index (χ4v) is 3.04. The Balaban J connectivity index is 2.16. The first-order valence-electron chi connectivity index (χ1n) is 5.96. The van der Waals surface area contributed by atoms with Crippen LogP contribution < -0.4 is 0 Å². The van der Waals surface area contributed by atoms with Gasteiger partial charge in [0.2, 0.25) is 0 Å². The van der Waals surface area contributed by atoms with E-state index in [9.17, 15) is 0 Å². The maximum atomic E-state index is 6.01. The summed E-state index contributed by atoms with van der Waals surface area (Å²) >= 11 is 7.66. The summed E-state index contributed by atoms with van der Waals surface area (Å²) in [4.78, 5) is 14.5. The van der Waals surface area contributed by atoms with Crippen molar-refractivity contribution >= 4 is 34.1 Å². The van der Waals surface area contributed by atoms with Crippen LogP contribution in [0.4, 0.5) is 0 Å². The number of imidazole rings is 1. The predicted octanol–water partition coefficient (Wildman–Crippen LogP) is 3.29. The monoisotopic (exact) mass is 292 g/mol. The summed E-state index contributed by atoms with van der Waals surface area (Å²) < 4.78 is 2.08. The van der Waals surface area contributed by atoms with E-state index in [2.05, 4.69) is 19.5 Å². The first kappa shape index (κ1) is 12.6. The quantitative estimate of drug-likeness (QED) is 0.696. The summed E-state index contributed by atoms with van der Waals surface area (Å²) in [6.45, 7) is 4.78. The summed E-state index contributed by atoms with van der Waals surface area (Å²) in [7, 11) is 0. The van der Waals surface area contributed by atoms with Crippen LogP contribution in [-0.4, -0.2) is 19.5 Å². The van der Waals surface area contributed by atoms with Gasteiger partial charge in [-0.05, 0) is 25.5 Å². The van der Waals surface area contributed by atoms with Gasteiger partial charge in [-0.2, -0.15) is 0 Å². The number of thiazole rings is 1. The highest BCUT2D eigenvalue weighted by atomic mass is 35.5. The lowest BCUT2D eigenvalue weighted by Gasteiger charge is -2.05. The van der Waals surface area contributed by atoms with Crippen LogP contribution in [0.5, 0.6) is 0 Å². The highest BCUT2D eigenvalue weighted by molar-refractivity contribution is 7.09. The smallest absolute Gasteiger partial charge is 0.160 e. The Bertz CT molecular complexity index is 731. The zero-order chi connectivity index (χ0) is 13.4. The third kappa shape index (κ3) is 2.13. The van der Waals surface area contributed by atoms with Gasteiger partial charge < -0.3 is 4.57 Å². The van der Waals surface area contributed by atoms with Gasteiger partial charge in [0, 0.05) is 11.1 Å². The molecule has 0 saturated carbocycles. The van der Waals surface area contributed by atoms with E-state index in [-0.39, 0.29) is 0 Å². The Kier molecular flexibility index (Phi) is 3.24. The number of halogens is 1. The van der Waals surface area contributed by atoms with Crippen LogP contribution in [0.3, 0.4) is 0 Å². The predicted molar refractivity (Wildman–Crippen MR) is 77.8 cm³/mol. The van der Waals surface area contributed by atoms with E-state index in [4.69, 9.17) is 11.6 Å². The second-order valence-corrected chi connectivity index (χ2v) is 5.62. The molecule has 0 spiro atoms. The van der Waals surface area contributed by atoms with Crippen molar-refractivity contribution in [2.75, 3.05) is 0 Å². The molecule has 3 aromatic heterocycles. The molecule has 0 atom stereocenters.